The molecule has 0 aromatic heterocycles. The lowest BCUT2D eigenvalue weighted by atomic mass is 9.47. The van der Waals surface area contributed by atoms with Crippen LogP contribution in [-0.4, -0.2) is 25.7 Å². The molecule has 5 aliphatic rings. The van der Waals surface area contributed by atoms with Gasteiger partial charge in [0, 0.05) is 18.6 Å². The van der Waals surface area contributed by atoms with Gasteiger partial charge in [-0.15, -0.1) is 0 Å². The second kappa shape index (κ2) is 5.33. The van der Waals surface area contributed by atoms with E-state index in [4.69, 9.17) is 0 Å². The lowest BCUT2D eigenvalue weighted by Crippen LogP contribution is -2.52. The second-order valence-corrected chi connectivity index (χ2v) is 10.1. The first kappa shape index (κ1) is 15.9. The summed E-state index contributed by atoms with van der Waals surface area (Å²) < 4.78 is 0. The molecule has 1 aliphatic heterocycles. The molecule has 0 aromatic carbocycles. The van der Waals surface area contributed by atoms with Gasteiger partial charge in [-0.05, 0) is 99.8 Å². The predicted octanol–water partition coefficient (Wildman–Crippen LogP) is 4.13. The zero-order chi connectivity index (χ0) is 16.5. The van der Waals surface area contributed by atoms with Gasteiger partial charge in [0.05, 0.1) is 0 Å². The Balaban J connectivity index is 1.46. The normalized spacial score (nSPS) is 56.0. The largest absolute Gasteiger partial charge is 0.317 e. The van der Waals surface area contributed by atoms with E-state index in [9.17, 15) is 0 Å². The first-order valence-electron chi connectivity index (χ1n) is 10.7. The molecule has 1 spiro atoms. The van der Waals surface area contributed by atoms with Gasteiger partial charge in [-0.25, -0.2) is 0 Å². The van der Waals surface area contributed by atoms with Crippen molar-refractivity contribution >= 4 is 0 Å². The van der Waals surface area contributed by atoms with Crippen LogP contribution in [0.3, 0.4) is 0 Å². The van der Waals surface area contributed by atoms with Crippen LogP contribution in [0.15, 0.2) is 11.6 Å². The molecule has 1 heterocycles. The third kappa shape index (κ3) is 1.91. The molecule has 0 bridgehead atoms. The van der Waals surface area contributed by atoms with Crippen LogP contribution in [0.5, 0.6) is 0 Å². The Morgan fingerprint density at radius 3 is 2.75 bits per heavy atom. The van der Waals surface area contributed by atoms with Crippen molar-refractivity contribution in [3.8, 4) is 0 Å². The minimum absolute atomic E-state index is 0.521. The van der Waals surface area contributed by atoms with Crippen molar-refractivity contribution in [3.63, 3.8) is 0 Å². The van der Waals surface area contributed by atoms with Gasteiger partial charge < -0.3 is 10.6 Å². The highest BCUT2D eigenvalue weighted by molar-refractivity contribution is 5.26. The maximum Gasteiger partial charge on any atom is 0.0102 e. The van der Waals surface area contributed by atoms with Crippen molar-refractivity contribution in [2.45, 2.75) is 77.3 Å². The molecule has 4 aliphatic carbocycles. The lowest BCUT2D eigenvalue weighted by Gasteiger charge is -2.58. The SMILES string of the molecule is CN[C@H]1CC[C@@]2(C)C(=CCC3C4CC[C@@H]5C(C)NC[C@]45CCC32)C1. The number of hydrogen-bond acceptors (Lipinski definition) is 2. The molecule has 24 heavy (non-hydrogen) atoms. The predicted molar refractivity (Wildman–Crippen MR) is 99.8 cm³/mol. The first-order chi connectivity index (χ1) is 11.6. The summed E-state index contributed by atoms with van der Waals surface area (Å²) in [5, 5.41) is 7.41. The molecule has 134 valence electrons. The van der Waals surface area contributed by atoms with Crippen LogP contribution in [0.25, 0.3) is 0 Å². The minimum atomic E-state index is 0.521. The molecule has 0 amide bonds. The average molecular weight is 329 g/mol. The average Bonchev–Trinajstić information content (AvgIpc) is 3.12. The number of rotatable bonds is 1. The van der Waals surface area contributed by atoms with Crippen molar-refractivity contribution in [2.75, 3.05) is 13.6 Å². The van der Waals surface area contributed by atoms with E-state index in [0.29, 0.717) is 10.8 Å². The van der Waals surface area contributed by atoms with Gasteiger partial charge >= 0.3 is 0 Å². The number of nitrogens with one attached hydrogen (secondary N) is 2. The van der Waals surface area contributed by atoms with Crippen LogP contribution < -0.4 is 10.6 Å². The molecule has 2 nitrogen and oxygen atoms in total. The van der Waals surface area contributed by atoms with Crippen LogP contribution in [0.2, 0.25) is 0 Å². The van der Waals surface area contributed by atoms with E-state index in [2.05, 4.69) is 37.6 Å². The van der Waals surface area contributed by atoms with Crippen molar-refractivity contribution < 1.29 is 0 Å². The molecule has 0 aromatic rings. The fourth-order valence-corrected chi connectivity index (χ4v) is 8.35. The summed E-state index contributed by atoms with van der Waals surface area (Å²) >= 11 is 0. The fraction of sp³-hybridized carbons (Fsp3) is 0.909. The molecular formula is C22H36N2. The third-order valence-electron chi connectivity index (χ3n) is 9.65. The van der Waals surface area contributed by atoms with E-state index in [1.165, 1.54) is 57.9 Å². The Morgan fingerprint density at radius 1 is 1.08 bits per heavy atom. The minimum Gasteiger partial charge on any atom is -0.317 e. The maximum atomic E-state index is 3.86. The van der Waals surface area contributed by atoms with Crippen molar-refractivity contribution in [1.82, 2.24) is 10.6 Å². The monoisotopic (exact) mass is 328 g/mol. The summed E-state index contributed by atoms with van der Waals surface area (Å²) in [6.45, 7) is 6.41. The Labute approximate surface area is 148 Å². The molecule has 8 atom stereocenters. The van der Waals surface area contributed by atoms with Crippen LogP contribution in [-0.2, 0) is 0 Å². The molecule has 0 radical (unpaired) electrons. The van der Waals surface area contributed by atoms with Crippen molar-refractivity contribution in [1.29, 1.82) is 0 Å². The third-order valence-corrected chi connectivity index (χ3v) is 9.65. The van der Waals surface area contributed by atoms with Gasteiger partial charge in [-0.1, -0.05) is 18.6 Å². The molecule has 4 unspecified atom stereocenters. The lowest BCUT2D eigenvalue weighted by molar-refractivity contribution is -0.0380. The summed E-state index contributed by atoms with van der Waals surface area (Å²) in [6, 6.07) is 1.49. The molecule has 2 heteroatoms. The van der Waals surface area contributed by atoms with Gasteiger partial charge in [0.2, 0.25) is 0 Å². The van der Waals surface area contributed by atoms with Gasteiger partial charge in [0.15, 0.2) is 0 Å². The summed E-state index contributed by atoms with van der Waals surface area (Å²) in [7, 11) is 2.15. The molecule has 4 fully saturated rings. The van der Waals surface area contributed by atoms with Crippen LogP contribution >= 0.6 is 0 Å². The molecule has 3 saturated carbocycles. The van der Waals surface area contributed by atoms with Gasteiger partial charge in [-0.3, -0.25) is 0 Å². The van der Waals surface area contributed by atoms with E-state index in [-0.39, 0.29) is 0 Å². The molecule has 5 rings (SSSR count). The fourth-order valence-electron chi connectivity index (χ4n) is 8.35. The van der Waals surface area contributed by atoms with Crippen molar-refractivity contribution in [3.05, 3.63) is 11.6 Å². The van der Waals surface area contributed by atoms with Gasteiger partial charge in [-0.2, -0.15) is 0 Å². The quantitative estimate of drug-likeness (QED) is 0.707. The Bertz CT molecular complexity index is 554. The topological polar surface area (TPSA) is 24.1 Å². The van der Waals surface area contributed by atoms with E-state index in [1.807, 2.05) is 5.57 Å². The van der Waals surface area contributed by atoms with E-state index < -0.39 is 0 Å². The molecule has 1 saturated heterocycles. The smallest absolute Gasteiger partial charge is 0.0102 e. The standard InChI is InChI=1S/C22H36N2/c1-14-18-6-7-20-17-5-4-15-12-16(23-3)8-10-21(15,2)19(17)9-11-22(18,20)13-24-14/h4,14,16-20,23-24H,5-13H2,1-3H3/t14?,16-,17?,18+,19?,20?,21-,22-/m0/s1. The summed E-state index contributed by atoms with van der Waals surface area (Å²) in [5.41, 5.74) is 3.01. The Morgan fingerprint density at radius 2 is 1.92 bits per heavy atom. The van der Waals surface area contributed by atoms with E-state index in [0.717, 1.165) is 35.8 Å². The van der Waals surface area contributed by atoms with Gasteiger partial charge in [0.25, 0.3) is 0 Å². The second-order valence-electron chi connectivity index (χ2n) is 10.1. The Kier molecular flexibility index (Phi) is 3.53. The number of hydrogen-bond donors (Lipinski definition) is 2. The number of allylic oxidation sites excluding steroid dienone is 1. The first-order valence-corrected chi connectivity index (χ1v) is 10.7. The molecule has 2 N–H and O–H groups in total. The maximum absolute atomic E-state index is 3.86. The van der Waals surface area contributed by atoms with Crippen LogP contribution in [0.4, 0.5) is 0 Å². The Hall–Kier alpha value is -0.340. The van der Waals surface area contributed by atoms with Crippen molar-refractivity contribution in [2.24, 2.45) is 34.5 Å². The summed E-state index contributed by atoms with van der Waals surface area (Å²) in [5.74, 6) is 3.94. The van der Waals surface area contributed by atoms with E-state index in [1.54, 1.807) is 0 Å². The highest BCUT2D eigenvalue weighted by atomic mass is 15.0. The summed E-state index contributed by atoms with van der Waals surface area (Å²) in [6.07, 6.45) is 14.3. The van der Waals surface area contributed by atoms with Gasteiger partial charge in [0.1, 0.15) is 0 Å². The van der Waals surface area contributed by atoms with Crippen LogP contribution in [0.1, 0.15) is 65.2 Å². The highest BCUT2D eigenvalue weighted by Crippen LogP contribution is 2.67. The van der Waals surface area contributed by atoms with E-state index >= 15 is 0 Å². The van der Waals surface area contributed by atoms with Crippen LogP contribution in [0, 0.1) is 34.5 Å². The molecular weight excluding hydrogens is 292 g/mol. The number of fused-ring (bicyclic) bond motifs is 4. The zero-order valence-electron chi connectivity index (χ0n) is 15.9. The highest BCUT2D eigenvalue weighted by Gasteiger charge is 2.62. The summed E-state index contributed by atoms with van der Waals surface area (Å²) in [4.78, 5) is 0. The zero-order valence-corrected chi connectivity index (χ0v) is 15.9.